The molecule has 1 unspecified atom stereocenters. The van der Waals surface area contributed by atoms with Crippen molar-refractivity contribution in [3.63, 3.8) is 0 Å². The first-order valence-electron chi connectivity index (χ1n) is 8.31. The van der Waals surface area contributed by atoms with Crippen LogP contribution in [0.25, 0.3) is 10.1 Å². The van der Waals surface area contributed by atoms with Crippen molar-refractivity contribution >= 4 is 31.4 Å². The van der Waals surface area contributed by atoms with Gasteiger partial charge >= 0.3 is 0 Å². The lowest BCUT2D eigenvalue weighted by molar-refractivity contribution is -0.000478. The molecule has 4 nitrogen and oxygen atoms in total. The highest BCUT2D eigenvalue weighted by molar-refractivity contribution is 7.89. The maximum atomic E-state index is 13.6. The summed E-state index contributed by atoms with van der Waals surface area (Å²) in [6.07, 6.45) is -0.315. The van der Waals surface area contributed by atoms with Gasteiger partial charge in [0.1, 0.15) is 11.9 Å². The van der Waals surface area contributed by atoms with Crippen LogP contribution in [0.3, 0.4) is 0 Å². The van der Waals surface area contributed by atoms with Crippen molar-refractivity contribution < 1.29 is 17.5 Å². The van der Waals surface area contributed by atoms with Gasteiger partial charge in [-0.15, -0.1) is 11.3 Å². The summed E-state index contributed by atoms with van der Waals surface area (Å²) in [5, 5.41) is 1.12. The van der Waals surface area contributed by atoms with Gasteiger partial charge in [0.2, 0.25) is 10.0 Å². The van der Waals surface area contributed by atoms with Crippen LogP contribution in [0, 0.1) is 12.7 Å². The minimum atomic E-state index is -3.77. The van der Waals surface area contributed by atoms with Gasteiger partial charge in [-0.2, -0.15) is 4.31 Å². The molecule has 2 heterocycles. The van der Waals surface area contributed by atoms with E-state index < -0.39 is 15.8 Å². The standard InChI is InChI=1S/C19H18FNO3S2/c1-13-6-7-15(20)11-19(13)26(22,23)21-8-9-24-16(12-21)18-10-14-4-2-3-5-17(14)25-18/h2-7,10-11,16H,8-9,12H2,1H3. The van der Waals surface area contributed by atoms with Crippen molar-refractivity contribution in [3.05, 3.63) is 64.8 Å². The Hall–Kier alpha value is -1.80. The number of ether oxygens (including phenoxy) is 1. The van der Waals surface area contributed by atoms with Crippen molar-refractivity contribution in [3.8, 4) is 0 Å². The fourth-order valence-corrected chi connectivity index (χ4v) is 5.93. The lowest BCUT2D eigenvalue weighted by atomic mass is 10.2. The van der Waals surface area contributed by atoms with Gasteiger partial charge < -0.3 is 4.74 Å². The minimum absolute atomic E-state index is 0.0227. The Morgan fingerprint density at radius 2 is 2.00 bits per heavy atom. The Labute approximate surface area is 155 Å². The van der Waals surface area contributed by atoms with E-state index in [-0.39, 0.29) is 24.1 Å². The van der Waals surface area contributed by atoms with Gasteiger partial charge in [-0.25, -0.2) is 12.8 Å². The lowest BCUT2D eigenvalue weighted by Crippen LogP contribution is -2.42. The van der Waals surface area contributed by atoms with E-state index in [4.69, 9.17) is 4.74 Å². The summed E-state index contributed by atoms with van der Waals surface area (Å²) in [5.74, 6) is -0.552. The maximum Gasteiger partial charge on any atom is 0.243 e. The van der Waals surface area contributed by atoms with Crippen LogP contribution in [0.2, 0.25) is 0 Å². The quantitative estimate of drug-likeness (QED) is 0.675. The maximum absolute atomic E-state index is 13.6. The van der Waals surface area contributed by atoms with E-state index in [9.17, 15) is 12.8 Å². The van der Waals surface area contributed by atoms with Crippen LogP contribution in [0.5, 0.6) is 0 Å². The number of hydrogen-bond donors (Lipinski definition) is 0. The Morgan fingerprint density at radius 3 is 2.81 bits per heavy atom. The molecule has 26 heavy (non-hydrogen) atoms. The summed E-state index contributed by atoms with van der Waals surface area (Å²) in [5.41, 5.74) is 0.538. The molecule has 3 aromatic rings. The van der Waals surface area contributed by atoms with Crippen LogP contribution in [-0.4, -0.2) is 32.4 Å². The fraction of sp³-hybridized carbons (Fsp3) is 0.263. The van der Waals surface area contributed by atoms with Gasteiger partial charge in [-0.05, 0) is 42.1 Å². The van der Waals surface area contributed by atoms with Gasteiger partial charge in [0, 0.05) is 22.7 Å². The Morgan fingerprint density at radius 1 is 1.19 bits per heavy atom. The lowest BCUT2D eigenvalue weighted by Gasteiger charge is -2.32. The molecule has 0 N–H and O–H groups in total. The Kier molecular flexibility index (Phi) is 4.56. The fourth-order valence-electron chi connectivity index (χ4n) is 3.17. The van der Waals surface area contributed by atoms with Gasteiger partial charge in [0.15, 0.2) is 0 Å². The molecule has 2 aromatic carbocycles. The number of rotatable bonds is 3. The zero-order chi connectivity index (χ0) is 18.3. The van der Waals surface area contributed by atoms with Crippen molar-refractivity contribution in [2.75, 3.05) is 19.7 Å². The first kappa shape index (κ1) is 17.6. The van der Waals surface area contributed by atoms with Gasteiger partial charge in [-0.1, -0.05) is 24.3 Å². The van der Waals surface area contributed by atoms with E-state index in [1.54, 1.807) is 18.3 Å². The van der Waals surface area contributed by atoms with Gasteiger partial charge in [-0.3, -0.25) is 0 Å². The van der Waals surface area contributed by atoms with Crippen molar-refractivity contribution in [2.24, 2.45) is 0 Å². The van der Waals surface area contributed by atoms with Crippen LogP contribution in [0.15, 0.2) is 53.4 Å². The first-order valence-corrected chi connectivity index (χ1v) is 10.6. The van der Waals surface area contributed by atoms with E-state index in [0.717, 1.165) is 21.0 Å². The molecule has 1 atom stereocenters. The molecule has 4 rings (SSSR count). The predicted molar refractivity (Wildman–Crippen MR) is 100 cm³/mol. The van der Waals surface area contributed by atoms with Crippen LogP contribution >= 0.6 is 11.3 Å². The molecule has 0 bridgehead atoms. The molecule has 7 heteroatoms. The molecule has 1 aromatic heterocycles. The topological polar surface area (TPSA) is 46.6 Å². The zero-order valence-corrected chi connectivity index (χ0v) is 15.8. The molecule has 0 aliphatic carbocycles. The smallest absolute Gasteiger partial charge is 0.243 e. The number of nitrogens with zero attached hydrogens (tertiary/aromatic N) is 1. The summed E-state index contributed by atoms with van der Waals surface area (Å²) in [7, 11) is -3.77. The van der Waals surface area contributed by atoms with Gasteiger partial charge in [0.05, 0.1) is 11.5 Å². The van der Waals surface area contributed by atoms with Crippen molar-refractivity contribution in [1.82, 2.24) is 4.31 Å². The largest absolute Gasteiger partial charge is 0.370 e. The molecule has 0 radical (unpaired) electrons. The zero-order valence-electron chi connectivity index (χ0n) is 14.2. The predicted octanol–water partition coefficient (Wildman–Crippen LogP) is 4.11. The monoisotopic (exact) mass is 391 g/mol. The summed E-state index contributed by atoms with van der Waals surface area (Å²) >= 11 is 1.61. The van der Waals surface area contributed by atoms with E-state index in [1.165, 1.54) is 16.4 Å². The SMILES string of the molecule is Cc1ccc(F)cc1S(=O)(=O)N1CCOC(c2cc3ccccc3s2)C1. The highest BCUT2D eigenvalue weighted by Crippen LogP contribution is 2.34. The minimum Gasteiger partial charge on any atom is -0.370 e. The van der Waals surface area contributed by atoms with Crippen LogP contribution in [0.1, 0.15) is 16.5 Å². The summed E-state index contributed by atoms with van der Waals surface area (Å²) in [6, 6.07) is 13.9. The second-order valence-electron chi connectivity index (χ2n) is 6.32. The van der Waals surface area contributed by atoms with Crippen LogP contribution in [0.4, 0.5) is 4.39 Å². The number of fused-ring (bicyclic) bond motifs is 1. The molecule has 136 valence electrons. The number of thiophene rings is 1. The highest BCUT2D eigenvalue weighted by atomic mass is 32.2. The average molecular weight is 391 g/mol. The van der Waals surface area contributed by atoms with E-state index >= 15 is 0 Å². The molecule has 0 saturated carbocycles. The van der Waals surface area contributed by atoms with Crippen LogP contribution < -0.4 is 0 Å². The van der Waals surface area contributed by atoms with E-state index in [1.807, 2.05) is 30.3 Å². The number of hydrogen-bond acceptors (Lipinski definition) is 4. The summed E-state index contributed by atoms with van der Waals surface area (Å²) in [4.78, 5) is 1.02. The normalized spacial score (nSPS) is 19.1. The Balaban J connectivity index is 1.64. The summed E-state index contributed by atoms with van der Waals surface area (Å²) in [6.45, 7) is 2.48. The van der Waals surface area contributed by atoms with Crippen molar-refractivity contribution in [2.45, 2.75) is 17.9 Å². The average Bonchev–Trinajstić information content (AvgIpc) is 3.08. The third-order valence-corrected chi connectivity index (χ3v) is 7.77. The third kappa shape index (κ3) is 3.16. The van der Waals surface area contributed by atoms with E-state index in [2.05, 4.69) is 0 Å². The number of halogens is 1. The summed E-state index contributed by atoms with van der Waals surface area (Å²) < 4.78 is 48.0. The first-order chi connectivity index (χ1) is 12.4. The highest BCUT2D eigenvalue weighted by Gasteiger charge is 2.33. The molecular weight excluding hydrogens is 373 g/mol. The second-order valence-corrected chi connectivity index (χ2v) is 9.34. The Bertz CT molecular complexity index is 1030. The second kappa shape index (κ2) is 6.74. The van der Waals surface area contributed by atoms with Crippen molar-refractivity contribution in [1.29, 1.82) is 0 Å². The number of morpholine rings is 1. The number of benzene rings is 2. The number of aryl methyl sites for hydroxylation is 1. The molecule has 1 aliphatic heterocycles. The molecule has 1 saturated heterocycles. The third-order valence-electron chi connectivity index (χ3n) is 4.56. The van der Waals surface area contributed by atoms with E-state index in [0.29, 0.717) is 12.2 Å². The molecule has 0 amide bonds. The molecular formula is C19H18FNO3S2. The van der Waals surface area contributed by atoms with Crippen LogP contribution in [-0.2, 0) is 14.8 Å². The number of sulfonamides is 1. The molecule has 1 fully saturated rings. The molecule has 0 spiro atoms. The van der Waals surface area contributed by atoms with Gasteiger partial charge in [0.25, 0.3) is 0 Å². The molecule has 1 aliphatic rings.